The molecule has 1 rings (SSSR count). The Morgan fingerprint density at radius 1 is 0.941 bits per heavy atom. The lowest BCUT2D eigenvalue weighted by atomic mass is 10.1. The second kappa shape index (κ2) is 5.91. The Bertz CT molecular complexity index is 546. The van der Waals surface area contributed by atoms with E-state index < -0.39 is 8.07 Å². The first kappa shape index (κ1) is 14.6. The predicted octanol–water partition coefficient (Wildman–Crippen LogP) is 4.81. The molecular formula is C14H14Br2Si. The van der Waals surface area contributed by atoms with E-state index in [4.69, 9.17) is 0 Å². The summed E-state index contributed by atoms with van der Waals surface area (Å²) in [5.41, 5.74) is 5.36. The van der Waals surface area contributed by atoms with Gasteiger partial charge in [-0.05, 0) is 50.9 Å². The maximum Gasteiger partial charge on any atom is 0.129 e. The summed E-state index contributed by atoms with van der Waals surface area (Å²) < 4.78 is 2.00. The lowest BCUT2D eigenvalue weighted by Crippen LogP contribution is -2.16. The van der Waals surface area contributed by atoms with Gasteiger partial charge in [0.25, 0.3) is 0 Å². The first-order valence-electron chi connectivity index (χ1n) is 5.28. The van der Waals surface area contributed by atoms with Gasteiger partial charge in [0.2, 0.25) is 0 Å². The summed E-state index contributed by atoms with van der Waals surface area (Å²) in [5, 5.41) is 0. The van der Waals surface area contributed by atoms with E-state index in [2.05, 4.69) is 74.8 Å². The molecule has 0 heterocycles. The molecule has 0 amide bonds. The predicted molar refractivity (Wildman–Crippen MR) is 84.6 cm³/mol. The first-order chi connectivity index (χ1) is 7.83. The van der Waals surface area contributed by atoms with E-state index in [0.717, 1.165) is 20.1 Å². The molecule has 0 saturated carbocycles. The fraction of sp³-hybridized carbons (Fsp3) is 0.286. The van der Waals surface area contributed by atoms with Crippen molar-refractivity contribution in [3.05, 3.63) is 32.2 Å². The molecular weight excluding hydrogens is 356 g/mol. The number of hydrogen-bond acceptors (Lipinski definition) is 0. The van der Waals surface area contributed by atoms with Gasteiger partial charge in [-0.15, -0.1) is 11.5 Å². The molecule has 0 aliphatic rings. The Morgan fingerprint density at radius 2 is 1.41 bits per heavy atom. The van der Waals surface area contributed by atoms with Crippen LogP contribution in [0.4, 0.5) is 0 Å². The Hall–Kier alpha value is -0.483. The van der Waals surface area contributed by atoms with Crippen LogP contribution in [-0.4, -0.2) is 8.07 Å². The van der Waals surface area contributed by atoms with Gasteiger partial charge in [-0.25, -0.2) is 0 Å². The normalized spacial score (nSPS) is 10.0. The van der Waals surface area contributed by atoms with Crippen molar-refractivity contribution in [2.75, 3.05) is 0 Å². The Labute approximate surface area is 121 Å². The van der Waals surface area contributed by atoms with Crippen molar-refractivity contribution in [1.29, 1.82) is 0 Å². The van der Waals surface area contributed by atoms with E-state index in [0.29, 0.717) is 0 Å². The van der Waals surface area contributed by atoms with Gasteiger partial charge >= 0.3 is 0 Å². The summed E-state index contributed by atoms with van der Waals surface area (Å²) in [7, 11) is -1.33. The molecule has 0 aromatic heterocycles. The zero-order valence-electron chi connectivity index (χ0n) is 10.4. The van der Waals surface area contributed by atoms with E-state index in [9.17, 15) is 0 Å². The van der Waals surface area contributed by atoms with Crippen LogP contribution in [0.25, 0.3) is 0 Å². The van der Waals surface area contributed by atoms with Gasteiger partial charge in [0.15, 0.2) is 0 Å². The summed E-state index contributed by atoms with van der Waals surface area (Å²) in [5.74, 6) is 9.20. The smallest absolute Gasteiger partial charge is 0.127 e. The molecule has 3 heteroatoms. The highest BCUT2D eigenvalue weighted by molar-refractivity contribution is 9.11. The van der Waals surface area contributed by atoms with Crippen molar-refractivity contribution in [3.8, 4) is 23.3 Å². The van der Waals surface area contributed by atoms with Crippen LogP contribution in [0, 0.1) is 23.3 Å². The molecule has 17 heavy (non-hydrogen) atoms. The average molecular weight is 370 g/mol. The minimum Gasteiger partial charge on any atom is -0.127 e. The third-order valence-electron chi connectivity index (χ3n) is 1.89. The molecule has 0 bridgehead atoms. The second-order valence-corrected chi connectivity index (χ2v) is 11.1. The van der Waals surface area contributed by atoms with Gasteiger partial charge in [-0.3, -0.25) is 0 Å². The summed E-state index contributed by atoms with van der Waals surface area (Å²) in [4.78, 5) is 0. The van der Waals surface area contributed by atoms with Crippen LogP contribution in [0.1, 0.15) is 18.1 Å². The molecule has 0 aliphatic heterocycles. The highest BCUT2D eigenvalue weighted by atomic mass is 79.9. The Balaban J connectivity index is 3.23. The summed E-state index contributed by atoms with van der Waals surface area (Å²) in [6, 6.07) is 4.03. The fourth-order valence-electron chi connectivity index (χ4n) is 1.13. The van der Waals surface area contributed by atoms with E-state index in [1.807, 2.05) is 19.1 Å². The zero-order valence-corrected chi connectivity index (χ0v) is 14.6. The number of halogens is 2. The molecule has 0 unspecified atom stereocenters. The lowest BCUT2D eigenvalue weighted by molar-refractivity contribution is 1.51. The van der Waals surface area contributed by atoms with Crippen LogP contribution in [0.2, 0.25) is 19.6 Å². The van der Waals surface area contributed by atoms with Crippen LogP contribution in [0.3, 0.4) is 0 Å². The van der Waals surface area contributed by atoms with Crippen molar-refractivity contribution in [2.45, 2.75) is 26.6 Å². The van der Waals surface area contributed by atoms with Crippen LogP contribution >= 0.6 is 31.9 Å². The third-order valence-corrected chi connectivity index (χ3v) is 4.08. The van der Waals surface area contributed by atoms with Gasteiger partial charge in [0, 0.05) is 20.1 Å². The Kier molecular flexibility index (Phi) is 5.07. The maximum atomic E-state index is 3.54. The van der Waals surface area contributed by atoms with Gasteiger partial charge in [0.05, 0.1) is 0 Å². The van der Waals surface area contributed by atoms with Crippen LogP contribution in [-0.2, 0) is 0 Å². The molecule has 0 radical (unpaired) electrons. The monoisotopic (exact) mass is 368 g/mol. The SMILES string of the molecule is CC#Cc1cc(Br)c(C#C[Si](C)(C)C)cc1Br. The largest absolute Gasteiger partial charge is 0.129 e. The van der Waals surface area contributed by atoms with Crippen LogP contribution in [0.15, 0.2) is 21.1 Å². The quantitative estimate of drug-likeness (QED) is 0.454. The summed E-state index contributed by atoms with van der Waals surface area (Å²) in [6.07, 6.45) is 0. The minimum atomic E-state index is -1.33. The number of hydrogen-bond donors (Lipinski definition) is 0. The van der Waals surface area contributed by atoms with Crippen molar-refractivity contribution < 1.29 is 0 Å². The van der Waals surface area contributed by atoms with Gasteiger partial charge in [-0.2, -0.15) is 0 Å². The number of rotatable bonds is 0. The summed E-state index contributed by atoms with van der Waals surface area (Å²) in [6.45, 7) is 8.54. The number of benzene rings is 1. The molecule has 0 nitrogen and oxygen atoms in total. The van der Waals surface area contributed by atoms with E-state index in [1.165, 1.54) is 0 Å². The molecule has 0 spiro atoms. The molecule has 0 aliphatic carbocycles. The second-order valence-electron chi connectivity index (χ2n) is 4.69. The van der Waals surface area contributed by atoms with Crippen molar-refractivity contribution in [3.63, 3.8) is 0 Å². The van der Waals surface area contributed by atoms with Crippen LogP contribution in [0.5, 0.6) is 0 Å². The molecule has 88 valence electrons. The zero-order chi connectivity index (χ0) is 13.1. The minimum absolute atomic E-state index is 0.984. The molecule has 0 saturated heterocycles. The third kappa shape index (κ3) is 4.72. The van der Waals surface area contributed by atoms with Crippen molar-refractivity contribution in [1.82, 2.24) is 0 Å². The molecule has 1 aromatic rings. The average Bonchev–Trinajstić information content (AvgIpc) is 2.20. The van der Waals surface area contributed by atoms with Crippen molar-refractivity contribution >= 4 is 39.9 Å². The summed E-state index contributed by atoms with van der Waals surface area (Å²) >= 11 is 7.07. The van der Waals surface area contributed by atoms with Crippen molar-refractivity contribution in [2.24, 2.45) is 0 Å². The first-order valence-corrected chi connectivity index (χ1v) is 10.4. The topological polar surface area (TPSA) is 0 Å². The van der Waals surface area contributed by atoms with E-state index in [1.54, 1.807) is 0 Å². The van der Waals surface area contributed by atoms with Gasteiger partial charge in [-0.1, -0.05) is 31.5 Å². The van der Waals surface area contributed by atoms with E-state index >= 15 is 0 Å². The maximum absolute atomic E-state index is 3.54. The van der Waals surface area contributed by atoms with Gasteiger partial charge in [0.1, 0.15) is 8.07 Å². The molecule has 0 atom stereocenters. The molecule has 0 N–H and O–H groups in total. The standard InChI is InChI=1S/C14H14Br2Si/c1-5-6-11-9-14(16)12(10-13(11)15)7-8-17(2,3)4/h9-10H,1-4H3. The van der Waals surface area contributed by atoms with Crippen LogP contribution < -0.4 is 0 Å². The van der Waals surface area contributed by atoms with Gasteiger partial charge < -0.3 is 0 Å². The molecule has 0 fully saturated rings. The highest BCUT2D eigenvalue weighted by Crippen LogP contribution is 2.25. The molecule has 1 aromatic carbocycles. The highest BCUT2D eigenvalue weighted by Gasteiger charge is 2.08. The Morgan fingerprint density at radius 3 is 1.82 bits per heavy atom. The fourth-order valence-corrected chi connectivity index (χ4v) is 2.52. The lowest BCUT2D eigenvalue weighted by Gasteiger charge is -2.05. The van der Waals surface area contributed by atoms with E-state index in [-0.39, 0.29) is 0 Å².